The predicted octanol–water partition coefficient (Wildman–Crippen LogP) is 3.50. The normalized spacial score (nSPS) is 10.6. The Morgan fingerprint density at radius 1 is 1.08 bits per heavy atom. The first-order valence-corrected chi connectivity index (χ1v) is 7.73. The van der Waals surface area contributed by atoms with Gasteiger partial charge in [0.25, 0.3) is 0 Å². The molecule has 0 N–H and O–H groups in total. The fraction of sp³-hybridized carbons (Fsp3) is 0.105. The number of halogens is 2. The van der Waals surface area contributed by atoms with Gasteiger partial charge in [0.2, 0.25) is 5.78 Å². The number of esters is 1. The van der Waals surface area contributed by atoms with Gasteiger partial charge in [-0.3, -0.25) is 4.79 Å². The lowest BCUT2D eigenvalue weighted by molar-refractivity contribution is 0.0472. The van der Waals surface area contributed by atoms with Crippen LogP contribution in [0.4, 0.5) is 8.78 Å². The summed E-state index contributed by atoms with van der Waals surface area (Å²) in [5.74, 6) is -3.22. The van der Waals surface area contributed by atoms with E-state index in [4.69, 9.17) is 4.74 Å². The zero-order valence-corrected chi connectivity index (χ0v) is 13.8. The Balaban J connectivity index is 1.72. The van der Waals surface area contributed by atoms with E-state index in [1.54, 1.807) is 11.6 Å². The molecule has 0 bridgehead atoms. The van der Waals surface area contributed by atoms with Crippen LogP contribution in [0.5, 0.6) is 0 Å². The molecule has 26 heavy (non-hydrogen) atoms. The third kappa shape index (κ3) is 3.51. The highest BCUT2D eigenvalue weighted by Crippen LogP contribution is 2.15. The number of carbonyl (C=O) groups excluding carboxylic acids is 2. The highest BCUT2D eigenvalue weighted by molar-refractivity contribution is 5.99. The molecule has 0 unspecified atom stereocenters. The van der Waals surface area contributed by atoms with Crippen molar-refractivity contribution in [2.24, 2.45) is 0 Å². The molecule has 0 amide bonds. The van der Waals surface area contributed by atoms with Gasteiger partial charge in [-0.15, -0.1) is 0 Å². The number of para-hydroxylation sites is 1. The minimum absolute atomic E-state index is 0.182. The molecular weight excluding hydrogens is 342 g/mol. The number of benzene rings is 2. The van der Waals surface area contributed by atoms with Crippen molar-refractivity contribution in [1.82, 2.24) is 9.78 Å². The zero-order chi connectivity index (χ0) is 18.7. The summed E-state index contributed by atoms with van der Waals surface area (Å²) in [4.78, 5) is 24.2. The van der Waals surface area contributed by atoms with Gasteiger partial charge in [0.1, 0.15) is 17.2 Å². The maximum atomic E-state index is 13.6. The van der Waals surface area contributed by atoms with E-state index < -0.39 is 35.6 Å². The van der Waals surface area contributed by atoms with Crippen LogP contribution in [0.2, 0.25) is 0 Å². The number of ether oxygens (including phenoxy) is 1. The zero-order valence-electron chi connectivity index (χ0n) is 13.8. The molecule has 0 aliphatic carbocycles. The highest BCUT2D eigenvalue weighted by Gasteiger charge is 2.19. The van der Waals surface area contributed by atoms with Gasteiger partial charge in [-0.1, -0.05) is 18.2 Å². The molecule has 0 fully saturated rings. The summed E-state index contributed by atoms with van der Waals surface area (Å²) in [5.41, 5.74) is 1.02. The van der Waals surface area contributed by atoms with E-state index >= 15 is 0 Å². The van der Waals surface area contributed by atoms with E-state index in [1.807, 2.05) is 30.3 Å². The Labute approximate surface area is 147 Å². The largest absolute Gasteiger partial charge is 0.454 e. The second-order valence-electron chi connectivity index (χ2n) is 5.51. The lowest BCUT2D eigenvalue weighted by atomic mass is 10.1. The topological polar surface area (TPSA) is 61.2 Å². The number of hydrogen-bond acceptors (Lipinski definition) is 4. The van der Waals surface area contributed by atoms with Gasteiger partial charge in [0.15, 0.2) is 6.61 Å². The SMILES string of the molecule is Cc1c(C(=O)OCC(=O)c2cc(F)ccc2F)cnn1-c1ccccc1. The number of rotatable bonds is 5. The van der Waals surface area contributed by atoms with Crippen LogP contribution < -0.4 is 0 Å². The average Bonchev–Trinajstić information content (AvgIpc) is 3.03. The molecule has 5 nitrogen and oxygen atoms in total. The van der Waals surface area contributed by atoms with Gasteiger partial charge in [-0.2, -0.15) is 5.10 Å². The monoisotopic (exact) mass is 356 g/mol. The third-order valence-electron chi connectivity index (χ3n) is 3.79. The minimum atomic E-state index is -0.875. The van der Waals surface area contributed by atoms with Crippen LogP contribution in [0.25, 0.3) is 5.69 Å². The van der Waals surface area contributed by atoms with Gasteiger partial charge in [-0.25, -0.2) is 18.3 Å². The van der Waals surface area contributed by atoms with Crippen LogP contribution in [0.1, 0.15) is 26.4 Å². The summed E-state index contributed by atoms with van der Waals surface area (Å²) in [6, 6.07) is 11.7. The first-order valence-electron chi connectivity index (χ1n) is 7.73. The fourth-order valence-electron chi connectivity index (χ4n) is 2.44. The van der Waals surface area contributed by atoms with E-state index in [2.05, 4.69) is 5.10 Å². The van der Waals surface area contributed by atoms with Crippen molar-refractivity contribution in [3.63, 3.8) is 0 Å². The number of aromatic nitrogens is 2. The van der Waals surface area contributed by atoms with Crippen LogP contribution in [-0.4, -0.2) is 28.1 Å². The minimum Gasteiger partial charge on any atom is -0.454 e. The van der Waals surface area contributed by atoms with Crippen LogP contribution >= 0.6 is 0 Å². The maximum absolute atomic E-state index is 13.6. The number of hydrogen-bond donors (Lipinski definition) is 0. The van der Waals surface area contributed by atoms with Gasteiger partial charge in [0.05, 0.1) is 23.1 Å². The summed E-state index contributed by atoms with van der Waals surface area (Å²) in [5, 5.41) is 4.14. The maximum Gasteiger partial charge on any atom is 0.342 e. The number of Topliss-reactive ketones (excluding diaryl/α,β-unsaturated/α-hetero) is 1. The quantitative estimate of drug-likeness (QED) is 0.519. The van der Waals surface area contributed by atoms with Crippen LogP contribution in [-0.2, 0) is 4.74 Å². The Morgan fingerprint density at radius 2 is 1.81 bits per heavy atom. The predicted molar refractivity (Wildman–Crippen MR) is 89.3 cm³/mol. The fourth-order valence-corrected chi connectivity index (χ4v) is 2.44. The smallest absolute Gasteiger partial charge is 0.342 e. The summed E-state index contributed by atoms with van der Waals surface area (Å²) in [6.45, 7) is 0.986. The Hall–Kier alpha value is -3.35. The second-order valence-corrected chi connectivity index (χ2v) is 5.51. The van der Waals surface area contributed by atoms with Crippen molar-refractivity contribution in [3.8, 4) is 5.69 Å². The van der Waals surface area contributed by atoms with E-state index in [-0.39, 0.29) is 5.56 Å². The molecule has 0 aliphatic heterocycles. The van der Waals surface area contributed by atoms with Gasteiger partial charge in [-0.05, 0) is 37.3 Å². The first-order chi connectivity index (χ1) is 12.5. The van der Waals surface area contributed by atoms with Crippen molar-refractivity contribution in [1.29, 1.82) is 0 Å². The van der Waals surface area contributed by atoms with Crippen LogP contribution in [0.15, 0.2) is 54.7 Å². The van der Waals surface area contributed by atoms with Gasteiger partial charge >= 0.3 is 5.97 Å². The number of carbonyl (C=O) groups is 2. The summed E-state index contributed by atoms with van der Waals surface area (Å²) >= 11 is 0. The lowest BCUT2D eigenvalue weighted by Gasteiger charge is -2.06. The molecule has 0 saturated carbocycles. The van der Waals surface area contributed by atoms with Crippen LogP contribution in [0, 0.1) is 18.6 Å². The molecule has 2 aromatic carbocycles. The highest BCUT2D eigenvalue weighted by atomic mass is 19.1. The van der Waals surface area contributed by atoms with Crippen molar-refractivity contribution >= 4 is 11.8 Å². The second kappa shape index (κ2) is 7.26. The standard InChI is InChI=1S/C19H14F2N2O3/c1-12-16(10-22-23(12)14-5-3-2-4-6-14)19(25)26-11-18(24)15-9-13(20)7-8-17(15)21/h2-10H,11H2,1H3. The Morgan fingerprint density at radius 3 is 2.54 bits per heavy atom. The molecule has 0 spiro atoms. The van der Waals surface area contributed by atoms with E-state index in [9.17, 15) is 18.4 Å². The Kier molecular flexibility index (Phi) is 4.88. The third-order valence-corrected chi connectivity index (χ3v) is 3.79. The van der Waals surface area contributed by atoms with Crippen molar-refractivity contribution in [2.45, 2.75) is 6.92 Å². The molecule has 0 atom stereocenters. The summed E-state index contributed by atoms with van der Waals surface area (Å²) in [7, 11) is 0. The average molecular weight is 356 g/mol. The molecule has 1 heterocycles. The van der Waals surface area contributed by atoms with Crippen molar-refractivity contribution in [2.75, 3.05) is 6.61 Å². The molecular formula is C19H14F2N2O3. The number of nitrogens with zero attached hydrogens (tertiary/aromatic N) is 2. The van der Waals surface area contributed by atoms with Gasteiger partial charge < -0.3 is 4.74 Å². The first kappa shape index (κ1) is 17.5. The van der Waals surface area contributed by atoms with Crippen LogP contribution in [0.3, 0.4) is 0 Å². The lowest BCUT2D eigenvalue weighted by Crippen LogP contribution is -2.16. The molecule has 132 valence electrons. The molecule has 3 aromatic rings. The molecule has 0 aliphatic rings. The summed E-state index contributed by atoms with van der Waals surface area (Å²) < 4.78 is 33.2. The molecule has 0 saturated heterocycles. The Bertz CT molecular complexity index is 968. The van der Waals surface area contributed by atoms with Gasteiger partial charge in [0, 0.05) is 0 Å². The molecule has 0 radical (unpaired) electrons. The van der Waals surface area contributed by atoms with E-state index in [1.165, 1.54) is 6.20 Å². The van der Waals surface area contributed by atoms with Crippen molar-refractivity contribution < 1.29 is 23.1 Å². The number of ketones is 1. The molecule has 7 heteroatoms. The molecule has 1 aromatic heterocycles. The van der Waals surface area contributed by atoms with E-state index in [0.717, 1.165) is 23.9 Å². The summed E-state index contributed by atoms with van der Waals surface area (Å²) in [6.07, 6.45) is 1.33. The molecule has 3 rings (SSSR count). The van der Waals surface area contributed by atoms with E-state index in [0.29, 0.717) is 5.69 Å². The van der Waals surface area contributed by atoms with Crippen molar-refractivity contribution in [3.05, 3.63) is 83.2 Å².